The Hall–Kier alpha value is -3.11. The van der Waals surface area contributed by atoms with Gasteiger partial charge in [-0.15, -0.1) is 16.8 Å². The van der Waals surface area contributed by atoms with Gasteiger partial charge in [-0.25, -0.2) is 8.42 Å². The van der Waals surface area contributed by atoms with Crippen LogP contribution in [-0.2, 0) is 26.9 Å². The van der Waals surface area contributed by atoms with Crippen LogP contribution in [0.25, 0.3) is 0 Å². The summed E-state index contributed by atoms with van der Waals surface area (Å²) in [7, 11) is -3.60. The number of aromatic hydroxyl groups is 1. The van der Waals surface area contributed by atoms with Gasteiger partial charge in [-0.3, -0.25) is 4.79 Å². The van der Waals surface area contributed by atoms with E-state index < -0.39 is 15.1 Å². The molecule has 0 spiro atoms. The second kappa shape index (κ2) is 9.80. The summed E-state index contributed by atoms with van der Waals surface area (Å²) < 4.78 is 27.1. The number of aromatic nitrogens is 3. The highest BCUT2D eigenvalue weighted by atomic mass is 32.2. The zero-order valence-electron chi connectivity index (χ0n) is 16.8. The van der Waals surface area contributed by atoms with Gasteiger partial charge in [-0.2, -0.15) is 0 Å². The van der Waals surface area contributed by atoms with E-state index in [0.717, 1.165) is 0 Å². The quantitative estimate of drug-likeness (QED) is 0.287. The van der Waals surface area contributed by atoms with E-state index in [1.165, 1.54) is 36.0 Å². The molecule has 1 atom stereocenters. The fourth-order valence-electron chi connectivity index (χ4n) is 2.71. The number of nitrogens with zero attached hydrogens (tertiary/aromatic N) is 3. The Balaban J connectivity index is 1.76. The zero-order valence-corrected chi connectivity index (χ0v) is 18.4. The van der Waals surface area contributed by atoms with Gasteiger partial charge >= 0.3 is 0 Å². The van der Waals surface area contributed by atoms with E-state index in [4.69, 9.17) is 0 Å². The summed E-state index contributed by atoms with van der Waals surface area (Å²) in [4.78, 5) is 12.7. The molecule has 0 saturated heterocycles. The molecule has 0 radical (unpaired) electrons. The maximum absolute atomic E-state index is 12.7. The first-order chi connectivity index (χ1) is 14.8. The lowest BCUT2D eigenvalue weighted by Crippen LogP contribution is -2.23. The van der Waals surface area contributed by atoms with Crippen LogP contribution in [-0.4, -0.2) is 39.4 Å². The number of phenols is 1. The van der Waals surface area contributed by atoms with Gasteiger partial charge in [0.2, 0.25) is 5.91 Å². The van der Waals surface area contributed by atoms with Gasteiger partial charge in [0.05, 0.1) is 10.1 Å². The molecule has 0 saturated carbocycles. The minimum absolute atomic E-state index is 0.107. The summed E-state index contributed by atoms with van der Waals surface area (Å²) in [5, 5.41) is 20.2. The number of benzene rings is 2. The minimum Gasteiger partial charge on any atom is -0.508 e. The van der Waals surface area contributed by atoms with Gasteiger partial charge in [0.1, 0.15) is 17.3 Å². The standard InChI is InChI=1S/C21H22N4O4S2/c1-3-13-25-19(14-31(28,29)18-7-5-4-6-8-18)23-24-21(25)30-15(2)20(27)22-16-9-11-17(26)12-10-16/h3-12,15,26H,1,13-14H2,2H3,(H,22,27). The van der Waals surface area contributed by atoms with Gasteiger partial charge in [-0.1, -0.05) is 36.0 Å². The monoisotopic (exact) mass is 458 g/mol. The number of hydrogen-bond acceptors (Lipinski definition) is 7. The average molecular weight is 459 g/mol. The molecule has 10 heteroatoms. The highest BCUT2D eigenvalue weighted by Gasteiger charge is 2.24. The molecule has 1 heterocycles. The fourth-order valence-corrected chi connectivity index (χ4v) is 4.88. The number of thioether (sulfide) groups is 1. The Kier molecular flexibility index (Phi) is 7.13. The van der Waals surface area contributed by atoms with Crippen molar-refractivity contribution in [2.45, 2.75) is 34.5 Å². The number of carbonyl (C=O) groups excluding carboxylic acids is 1. The summed E-state index contributed by atoms with van der Waals surface area (Å²) >= 11 is 1.17. The van der Waals surface area contributed by atoms with Crippen LogP contribution in [0.15, 0.2) is 77.3 Å². The SMILES string of the molecule is C=CCn1c(CS(=O)(=O)c2ccccc2)nnc1SC(C)C(=O)Nc1ccc(O)cc1. The van der Waals surface area contributed by atoms with Crippen molar-refractivity contribution in [2.24, 2.45) is 0 Å². The lowest BCUT2D eigenvalue weighted by molar-refractivity contribution is -0.115. The summed E-state index contributed by atoms with van der Waals surface area (Å²) in [6, 6.07) is 14.3. The number of allylic oxidation sites excluding steroid dienone is 1. The fraction of sp³-hybridized carbons (Fsp3) is 0.190. The number of anilines is 1. The number of sulfone groups is 1. The predicted molar refractivity (Wildman–Crippen MR) is 120 cm³/mol. The first kappa shape index (κ1) is 22.6. The summed E-state index contributed by atoms with van der Waals surface area (Å²) in [5.74, 6) is -0.192. The average Bonchev–Trinajstić information content (AvgIpc) is 3.11. The Labute approximate surface area is 184 Å². The van der Waals surface area contributed by atoms with Crippen molar-refractivity contribution in [3.8, 4) is 5.75 Å². The van der Waals surface area contributed by atoms with Gasteiger partial charge in [0.15, 0.2) is 15.0 Å². The van der Waals surface area contributed by atoms with Crippen molar-refractivity contribution in [2.75, 3.05) is 5.32 Å². The topological polar surface area (TPSA) is 114 Å². The van der Waals surface area contributed by atoms with Crippen molar-refractivity contribution in [3.63, 3.8) is 0 Å². The molecule has 0 fully saturated rings. The van der Waals surface area contributed by atoms with Crippen LogP contribution in [0.4, 0.5) is 5.69 Å². The zero-order chi connectivity index (χ0) is 22.4. The third-order valence-electron chi connectivity index (χ3n) is 4.31. The smallest absolute Gasteiger partial charge is 0.237 e. The highest BCUT2D eigenvalue weighted by molar-refractivity contribution is 8.00. The largest absolute Gasteiger partial charge is 0.508 e. The van der Waals surface area contributed by atoms with Crippen molar-refractivity contribution in [1.82, 2.24) is 14.8 Å². The molecule has 1 aromatic heterocycles. The van der Waals surface area contributed by atoms with E-state index in [1.807, 2.05) is 0 Å². The molecule has 31 heavy (non-hydrogen) atoms. The Morgan fingerprint density at radius 3 is 2.52 bits per heavy atom. The molecule has 0 bridgehead atoms. The number of hydrogen-bond donors (Lipinski definition) is 2. The number of amides is 1. The molecule has 2 N–H and O–H groups in total. The van der Waals surface area contributed by atoms with E-state index in [-0.39, 0.29) is 28.1 Å². The summed E-state index contributed by atoms with van der Waals surface area (Å²) in [5.41, 5.74) is 0.553. The van der Waals surface area contributed by atoms with Crippen molar-refractivity contribution in [1.29, 1.82) is 0 Å². The van der Waals surface area contributed by atoms with Crippen LogP contribution in [0.5, 0.6) is 5.75 Å². The lowest BCUT2D eigenvalue weighted by Gasteiger charge is -2.13. The molecular weight excluding hydrogens is 436 g/mol. The number of carbonyl (C=O) groups is 1. The molecule has 1 amide bonds. The van der Waals surface area contributed by atoms with E-state index in [2.05, 4.69) is 22.1 Å². The Morgan fingerprint density at radius 1 is 1.19 bits per heavy atom. The molecule has 0 aliphatic heterocycles. The van der Waals surface area contributed by atoms with Crippen LogP contribution in [0, 0.1) is 0 Å². The van der Waals surface area contributed by atoms with Crippen LogP contribution in [0.3, 0.4) is 0 Å². The molecule has 0 aliphatic carbocycles. The van der Waals surface area contributed by atoms with Gasteiger partial charge < -0.3 is 15.0 Å². The molecule has 1 unspecified atom stereocenters. The maximum Gasteiger partial charge on any atom is 0.237 e. The first-order valence-corrected chi connectivity index (χ1v) is 11.9. The van der Waals surface area contributed by atoms with Crippen molar-refractivity contribution >= 4 is 33.2 Å². The summed E-state index contributed by atoms with van der Waals surface area (Å²) in [6.07, 6.45) is 1.62. The van der Waals surface area contributed by atoms with Crippen LogP contribution in [0.1, 0.15) is 12.7 Å². The first-order valence-electron chi connectivity index (χ1n) is 9.37. The Bertz CT molecular complexity index is 1160. The third kappa shape index (κ3) is 5.74. The minimum atomic E-state index is -3.60. The van der Waals surface area contributed by atoms with Gasteiger partial charge in [-0.05, 0) is 43.3 Å². The second-order valence-electron chi connectivity index (χ2n) is 6.67. The van der Waals surface area contributed by atoms with Crippen molar-refractivity contribution < 1.29 is 18.3 Å². The number of phenolic OH excluding ortho intramolecular Hbond substituents is 1. The maximum atomic E-state index is 12.7. The lowest BCUT2D eigenvalue weighted by atomic mass is 10.3. The molecule has 162 valence electrons. The van der Waals surface area contributed by atoms with Crippen LogP contribution >= 0.6 is 11.8 Å². The van der Waals surface area contributed by atoms with Gasteiger partial charge in [0.25, 0.3) is 0 Å². The highest BCUT2D eigenvalue weighted by Crippen LogP contribution is 2.25. The van der Waals surface area contributed by atoms with Crippen LogP contribution in [0.2, 0.25) is 0 Å². The molecule has 3 aromatic rings. The summed E-state index contributed by atoms with van der Waals surface area (Å²) in [6.45, 7) is 5.74. The number of rotatable bonds is 9. The molecule has 2 aromatic carbocycles. The predicted octanol–water partition coefficient (Wildman–Crippen LogP) is 3.26. The third-order valence-corrected chi connectivity index (χ3v) is 7.02. The van der Waals surface area contributed by atoms with E-state index in [1.54, 1.807) is 47.9 Å². The second-order valence-corrected chi connectivity index (χ2v) is 9.96. The normalized spacial score (nSPS) is 12.3. The molecule has 3 rings (SSSR count). The van der Waals surface area contributed by atoms with E-state index >= 15 is 0 Å². The van der Waals surface area contributed by atoms with Crippen LogP contribution < -0.4 is 5.32 Å². The molecule has 8 nitrogen and oxygen atoms in total. The van der Waals surface area contributed by atoms with E-state index in [0.29, 0.717) is 17.4 Å². The number of nitrogens with one attached hydrogen (secondary N) is 1. The molecule has 0 aliphatic rings. The van der Waals surface area contributed by atoms with E-state index in [9.17, 15) is 18.3 Å². The Morgan fingerprint density at radius 2 is 1.87 bits per heavy atom. The van der Waals surface area contributed by atoms with Gasteiger partial charge in [0, 0.05) is 12.2 Å². The molecular formula is C21H22N4O4S2. The van der Waals surface area contributed by atoms with Crippen molar-refractivity contribution in [3.05, 3.63) is 73.1 Å².